The topological polar surface area (TPSA) is 77.0 Å². The van der Waals surface area contributed by atoms with Crippen molar-refractivity contribution in [2.24, 2.45) is 16.8 Å². The Morgan fingerprint density at radius 3 is 2.63 bits per heavy atom. The first-order valence-corrected chi connectivity index (χ1v) is 12.8. The van der Waals surface area contributed by atoms with Gasteiger partial charge in [-0.1, -0.05) is 54.4 Å². The van der Waals surface area contributed by atoms with Crippen LogP contribution < -0.4 is 5.32 Å². The van der Waals surface area contributed by atoms with Gasteiger partial charge in [-0.3, -0.25) is 9.59 Å². The van der Waals surface area contributed by atoms with Gasteiger partial charge in [-0.2, -0.15) is 0 Å². The Labute approximate surface area is 212 Å². The largest absolute Gasteiger partial charge is 0.478 e. The number of halogens is 1. The Hall–Kier alpha value is -2.86. The maximum absolute atomic E-state index is 12.7. The summed E-state index contributed by atoms with van der Waals surface area (Å²) in [5.74, 6) is 1.11. The number of ether oxygens (including phenoxy) is 2. The van der Waals surface area contributed by atoms with Crippen molar-refractivity contribution in [3.63, 3.8) is 0 Å². The summed E-state index contributed by atoms with van der Waals surface area (Å²) in [7, 11) is 1.42. The van der Waals surface area contributed by atoms with E-state index in [1.807, 2.05) is 30.3 Å². The van der Waals surface area contributed by atoms with Gasteiger partial charge in [-0.25, -0.2) is 4.99 Å². The van der Waals surface area contributed by atoms with E-state index in [2.05, 4.69) is 23.5 Å². The van der Waals surface area contributed by atoms with E-state index in [0.717, 1.165) is 43.6 Å². The number of aryl methyl sites for hydroxylation is 1. The van der Waals surface area contributed by atoms with Crippen LogP contribution >= 0.6 is 11.6 Å². The van der Waals surface area contributed by atoms with E-state index in [9.17, 15) is 9.59 Å². The van der Waals surface area contributed by atoms with E-state index in [1.54, 1.807) is 0 Å². The number of rotatable bonds is 10. The minimum atomic E-state index is -0.483. The summed E-state index contributed by atoms with van der Waals surface area (Å²) in [5.41, 5.74) is 3.58. The number of nitrogens with one attached hydrogen (secondary N) is 1. The van der Waals surface area contributed by atoms with Gasteiger partial charge in [-0.05, 0) is 66.8 Å². The summed E-state index contributed by atoms with van der Waals surface area (Å²) < 4.78 is 10.8. The lowest BCUT2D eigenvalue weighted by Gasteiger charge is -2.20. The van der Waals surface area contributed by atoms with Gasteiger partial charge in [0.25, 0.3) is 0 Å². The molecule has 0 bridgehead atoms. The average Bonchev–Trinajstić information content (AvgIpc) is 3.54. The Balaban J connectivity index is 1.32. The summed E-state index contributed by atoms with van der Waals surface area (Å²) in [4.78, 5) is 29.0. The minimum Gasteiger partial charge on any atom is -0.478 e. The van der Waals surface area contributed by atoms with Crippen LogP contribution in [0.1, 0.15) is 42.4 Å². The Morgan fingerprint density at radius 1 is 1.09 bits per heavy atom. The zero-order valence-electron chi connectivity index (χ0n) is 20.2. The fourth-order valence-electron chi connectivity index (χ4n) is 5.06. The first kappa shape index (κ1) is 25.2. The summed E-state index contributed by atoms with van der Waals surface area (Å²) in [6, 6.07) is 15.5. The van der Waals surface area contributed by atoms with Crippen molar-refractivity contribution in [2.75, 3.05) is 20.3 Å². The predicted octanol–water partition coefficient (Wildman–Crippen LogP) is 4.56. The summed E-state index contributed by atoms with van der Waals surface area (Å²) >= 11 is 5.93. The highest BCUT2D eigenvalue weighted by Gasteiger charge is 2.37. The van der Waals surface area contributed by atoms with Crippen molar-refractivity contribution in [1.82, 2.24) is 5.32 Å². The molecule has 7 heteroatoms. The number of amides is 1. The summed E-state index contributed by atoms with van der Waals surface area (Å²) in [6.45, 7) is 0.858. The number of nitrogens with zero attached hydrogens (tertiary/aromatic N) is 1. The first-order valence-electron chi connectivity index (χ1n) is 12.4. The van der Waals surface area contributed by atoms with Crippen LogP contribution in [0.3, 0.4) is 0 Å². The molecule has 1 heterocycles. The molecule has 2 aromatic rings. The Morgan fingerprint density at radius 2 is 1.86 bits per heavy atom. The normalized spacial score (nSPS) is 21.3. The monoisotopic (exact) mass is 496 g/mol. The van der Waals surface area contributed by atoms with E-state index in [0.29, 0.717) is 36.9 Å². The third kappa shape index (κ3) is 6.85. The highest BCUT2D eigenvalue weighted by molar-refractivity contribution is 6.30. The molecule has 1 aliphatic heterocycles. The molecule has 2 aromatic carbocycles. The van der Waals surface area contributed by atoms with Crippen molar-refractivity contribution in [3.8, 4) is 0 Å². The van der Waals surface area contributed by atoms with Gasteiger partial charge < -0.3 is 14.8 Å². The molecule has 186 valence electrons. The van der Waals surface area contributed by atoms with E-state index < -0.39 is 6.04 Å². The third-order valence-electron chi connectivity index (χ3n) is 7.00. The second-order valence-corrected chi connectivity index (χ2v) is 9.74. The molecule has 0 saturated heterocycles. The first-order chi connectivity index (χ1) is 17.0. The van der Waals surface area contributed by atoms with Crippen molar-refractivity contribution in [2.45, 2.75) is 51.0 Å². The molecule has 0 spiro atoms. The van der Waals surface area contributed by atoms with Gasteiger partial charge in [0.15, 0.2) is 11.9 Å². The highest BCUT2D eigenvalue weighted by Crippen LogP contribution is 2.37. The molecule has 1 fully saturated rings. The maximum Gasteiger partial charge on any atom is 0.305 e. The fraction of sp³-hybridized carbons (Fsp3) is 0.464. The lowest BCUT2D eigenvalue weighted by Crippen LogP contribution is -2.35. The number of hydrogen-bond acceptors (Lipinski definition) is 5. The van der Waals surface area contributed by atoms with Crippen molar-refractivity contribution < 1.29 is 19.1 Å². The standard InChI is InChI=1S/C28H33ClN2O4/c1-34-26(32)14-11-20-5-2-3-6-21(20)17-22-7-4-8-24(22)28-31-25(18-35-28)27(33)30-16-15-19-9-12-23(29)13-10-19/h2-3,5-6,9-10,12-13,22,24-25H,4,7-8,11,14-18H2,1H3,(H,30,33)/t22-,24+,25?/m0/s1. The zero-order chi connectivity index (χ0) is 24.6. The van der Waals surface area contributed by atoms with Crippen molar-refractivity contribution in [3.05, 3.63) is 70.2 Å². The summed E-state index contributed by atoms with van der Waals surface area (Å²) in [6.07, 6.45) is 5.98. The van der Waals surface area contributed by atoms with Gasteiger partial charge in [0.1, 0.15) is 6.61 Å². The molecule has 3 atom stereocenters. The van der Waals surface area contributed by atoms with E-state index in [4.69, 9.17) is 26.1 Å². The van der Waals surface area contributed by atoms with Gasteiger partial charge in [0, 0.05) is 23.9 Å². The molecule has 35 heavy (non-hydrogen) atoms. The molecular weight excluding hydrogens is 464 g/mol. The lowest BCUT2D eigenvalue weighted by molar-refractivity contribution is -0.140. The number of carbonyl (C=O) groups excluding carboxylic acids is 2. The highest BCUT2D eigenvalue weighted by atomic mass is 35.5. The van der Waals surface area contributed by atoms with Crippen molar-refractivity contribution >= 4 is 29.4 Å². The van der Waals surface area contributed by atoms with Gasteiger partial charge >= 0.3 is 5.97 Å². The van der Waals surface area contributed by atoms with Crippen LogP contribution in [0.15, 0.2) is 53.5 Å². The molecule has 1 N–H and O–H groups in total. The van der Waals surface area contributed by atoms with Crippen LogP contribution in [-0.2, 0) is 38.3 Å². The molecule has 2 aliphatic rings. The van der Waals surface area contributed by atoms with E-state index >= 15 is 0 Å². The molecule has 4 rings (SSSR count). The fourth-order valence-corrected chi connectivity index (χ4v) is 5.18. The molecule has 0 aromatic heterocycles. The molecule has 1 saturated carbocycles. The molecule has 6 nitrogen and oxygen atoms in total. The van der Waals surface area contributed by atoms with Crippen LogP contribution in [0.2, 0.25) is 5.02 Å². The third-order valence-corrected chi connectivity index (χ3v) is 7.26. The molecule has 1 unspecified atom stereocenters. The lowest BCUT2D eigenvalue weighted by atomic mass is 9.87. The Bertz CT molecular complexity index is 1050. The van der Waals surface area contributed by atoms with Crippen LogP contribution in [0, 0.1) is 11.8 Å². The van der Waals surface area contributed by atoms with Crippen LogP contribution in [0.4, 0.5) is 0 Å². The van der Waals surface area contributed by atoms with E-state index in [-0.39, 0.29) is 17.8 Å². The van der Waals surface area contributed by atoms with E-state index in [1.165, 1.54) is 18.2 Å². The maximum atomic E-state index is 12.7. The van der Waals surface area contributed by atoms with Gasteiger partial charge in [-0.15, -0.1) is 0 Å². The smallest absolute Gasteiger partial charge is 0.305 e. The van der Waals surface area contributed by atoms with Gasteiger partial charge in [0.05, 0.1) is 7.11 Å². The Kier molecular flexibility index (Phi) is 8.80. The number of methoxy groups -OCH3 is 1. The average molecular weight is 497 g/mol. The van der Waals surface area contributed by atoms with Crippen LogP contribution in [0.5, 0.6) is 0 Å². The van der Waals surface area contributed by atoms with Crippen molar-refractivity contribution in [1.29, 1.82) is 0 Å². The second-order valence-electron chi connectivity index (χ2n) is 9.31. The quantitative estimate of drug-likeness (QED) is 0.489. The predicted molar refractivity (Wildman–Crippen MR) is 137 cm³/mol. The molecule has 1 aliphatic carbocycles. The molecule has 0 radical (unpaired) electrons. The molecular formula is C28H33ClN2O4. The zero-order valence-corrected chi connectivity index (χ0v) is 20.9. The van der Waals surface area contributed by atoms with Crippen LogP contribution in [-0.4, -0.2) is 44.1 Å². The minimum absolute atomic E-state index is 0.0864. The number of aliphatic imine (C=N–C) groups is 1. The second kappa shape index (κ2) is 12.2. The van der Waals surface area contributed by atoms with Gasteiger partial charge in [0.2, 0.25) is 5.91 Å². The summed E-state index contributed by atoms with van der Waals surface area (Å²) in [5, 5.41) is 3.69. The number of carbonyl (C=O) groups is 2. The number of benzene rings is 2. The van der Waals surface area contributed by atoms with Crippen LogP contribution in [0.25, 0.3) is 0 Å². The SMILES string of the molecule is COC(=O)CCc1ccccc1C[C@@H]1CCC[C@H]1C1=NC(C(=O)NCCc2ccc(Cl)cc2)CO1. The number of hydrogen-bond donors (Lipinski definition) is 1. The number of esters is 1. The molecule has 1 amide bonds.